The number of benzene rings is 1. The van der Waals surface area contributed by atoms with Crippen molar-refractivity contribution in [3.63, 3.8) is 0 Å². The molecule has 1 N–H and O–H groups in total. The highest BCUT2D eigenvalue weighted by molar-refractivity contribution is 5.71. The third-order valence-electron chi connectivity index (χ3n) is 5.29. The molecule has 0 unspecified atom stereocenters. The second kappa shape index (κ2) is 8.50. The number of aromatic nitrogens is 4. The first kappa shape index (κ1) is 19.7. The van der Waals surface area contributed by atoms with E-state index in [1.165, 1.54) is 7.11 Å². The van der Waals surface area contributed by atoms with Gasteiger partial charge in [-0.25, -0.2) is 14.6 Å². The van der Waals surface area contributed by atoms with Crippen molar-refractivity contribution in [1.29, 1.82) is 0 Å². The topological polar surface area (TPSA) is 104 Å². The van der Waals surface area contributed by atoms with Gasteiger partial charge in [0.2, 0.25) is 6.79 Å². The molecule has 0 amide bonds. The van der Waals surface area contributed by atoms with E-state index in [-0.39, 0.29) is 13.4 Å². The predicted molar refractivity (Wildman–Crippen MR) is 111 cm³/mol. The number of para-hydroxylation sites is 1. The molecule has 3 aromatic rings. The number of hydrogen-bond donors (Lipinski definition) is 1. The second-order valence-electron chi connectivity index (χ2n) is 7.13. The lowest BCUT2D eigenvalue weighted by atomic mass is 10.1. The maximum atomic E-state index is 9.70. The average Bonchev–Trinajstić information content (AvgIpc) is 3.50. The van der Waals surface area contributed by atoms with Crippen LogP contribution in [0.15, 0.2) is 36.5 Å². The Labute approximate surface area is 179 Å². The fourth-order valence-corrected chi connectivity index (χ4v) is 3.64. The van der Waals surface area contributed by atoms with Gasteiger partial charge in [0.25, 0.3) is 0 Å². The summed E-state index contributed by atoms with van der Waals surface area (Å²) >= 11 is 0. The zero-order valence-electron chi connectivity index (χ0n) is 17.1. The molecule has 0 radical (unpaired) electrons. The fraction of sp³-hybridized carbons (Fsp3) is 0.381. The summed E-state index contributed by atoms with van der Waals surface area (Å²) in [4.78, 5) is 11.4. The maximum Gasteiger partial charge on any atom is 0.231 e. The molecule has 1 saturated heterocycles. The van der Waals surface area contributed by atoms with Crippen LogP contribution in [0.5, 0.6) is 11.5 Å². The van der Waals surface area contributed by atoms with Gasteiger partial charge in [-0.05, 0) is 18.2 Å². The molecular weight excluding hydrogens is 402 g/mol. The summed E-state index contributed by atoms with van der Waals surface area (Å²) in [5, 5.41) is 14.4. The summed E-state index contributed by atoms with van der Waals surface area (Å²) in [5.41, 5.74) is 1.59. The number of aliphatic hydroxyl groups excluding tert-OH is 1. The van der Waals surface area contributed by atoms with Crippen molar-refractivity contribution >= 4 is 5.82 Å². The van der Waals surface area contributed by atoms with Crippen molar-refractivity contribution in [1.82, 2.24) is 19.7 Å². The summed E-state index contributed by atoms with van der Waals surface area (Å²) in [6.45, 7) is 2.70. The van der Waals surface area contributed by atoms with E-state index in [4.69, 9.17) is 24.0 Å². The van der Waals surface area contributed by atoms with Gasteiger partial charge in [0, 0.05) is 38.0 Å². The van der Waals surface area contributed by atoms with Gasteiger partial charge >= 0.3 is 0 Å². The Balaban J connectivity index is 1.54. The first-order valence-corrected chi connectivity index (χ1v) is 10.1. The largest absolute Gasteiger partial charge is 0.454 e. The lowest BCUT2D eigenvalue weighted by Gasteiger charge is -2.28. The van der Waals surface area contributed by atoms with E-state index in [0.29, 0.717) is 36.4 Å². The quantitative estimate of drug-likeness (QED) is 0.630. The van der Waals surface area contributed by atoms with Crippen LogP contribution in [0.2, 0.25) is 0 Å². The van der Waals surface area contributed by atoms with E-state index < -0.39 is 6.10 Å². The summed E-state index contributed by atoms with van der Waals surface area (Å²) in [5.74, 6) is 3.12. The molecule has 0 saturated carbocycles. The summed E-state index contributed by atoms with van der Waals surface area (Å²) in [6, 6.07) is 9.50. The molecule has 0 aliphatic carbocycles. The van der Waals surface area contributed by atoms with E-state index in [9.17, 15) is 5.11 Å². The molecule has 4 heterocycles. The molecule has 0 spiro atoms. The van der Waals surface area contributed by atoms with Gasteiger partial charge in [-0.1, -0.05) is 6.07 Å². The van der Waals surface area contributed by atoms with Crippen LogP contribution in [0.4, 0.5) is 5.82 Å². The summed E-state index contributed by atoms with van der Waals surface area (Å²) in [7, 11) is 1.52. The number of anilines is 1. The minimum atomic E-state index is -0.627. The Morgan fingerprint density at radius 2 is 1.97 bits per heavy atom. The van der Waals surface area contributed by atoms with E-state index in [0.717, 1.165) is 30.2 Å². The summed E-state index contributed by atoms with van der Waals surface area (Å²) in [6.07, 6.45) is 1.21. The smallest absolute Gasteiger partial charge is 0.231 e. The van der Waals surface area contributed by atoms with Crippen LogP contribution in [0.1, 0.15) is 11.9 Å². The van der Waals surface area contributed by atoms with Gasteiger partial charge in [-0.2, -0.15) is 5.10 Å². The highest BCUT2D eigenvalue weighted by Gasteiger charge is 2.22. The Kier molecular flexibility index (Phi) is 5.41. The van der Waals surface area contributed by atoms with Crippen LogP contribution in [0.3, 0.4) is 0 Å². The first-order valence-electron chi connectivity index (χ1n) is 10.1. The van der Waals surface area contributed by atoms with Crippen LogP contribution >= 0.6 is 0 Å². The molecule has 2 aliphatic heterocycles. The Morgan fingerprint density at radius 3 is 2.77 bits per heavy atom. The third-order valence-corrected chi connectivity index (χ3v) is 5.29. The SMILES string of the molecule is CO[C@H](CO)c1nc(N2CCOCC2)cc(-n2ccc(-c3cccc4c3OCO4)n2)n1. The second-order valence-corrected chi connectivity index (χ2v) is 7.13. The monoisotopic (exact) mass is 425 g/mol. The number of morpholine rings is 1. The Morgan fingerprint density at radius 1 is 1.13 bits per heavy atom. The predicted octanol–water partition coefficient (Wildman–Crippen LogP) is 1.57. The fourth-order valence-electron chi connectivity index (χ4n) is 3.64. The average molecular weight is 425 g/mol. The highest BCUT2D eigenvalue weighted by atomic mass is 16.7. The first-order chi connectivity index (χ1) is 15.3. The zero-order valence-corrected chi connectivity index (χ0v) is 17.1. The standard InChI is InChI=1S/C21H23N5O5/c1-28-17(12-27)21-22-18(25-7-9-29-10-8-25)11-19(23-21)26-6-5-15(24-26)14-3-2-4-16-20(14)31-13-30-16/h2-6,11,17,27H,7-10,12-13H2,1H3/t17-/m1/s1. The van der Waals surface area contributed by atoms with E-state index in [1.807, 2.05) is 36.5 Å². The van der Waals surface area contributed by atoms with E-state index in [1.54, 1.807) is 4.68 Å². The number of methoxy groups -OCH3 is 1. The van der Waals surface area contributed by atoms with Crippen molar-refractivity contribution < 1.29 is 24.1 Å². The normalized spacial score (nSPS) is 16.5. The lowest BCUT2D eigenvalue weighted by molar-refractivity contribution is 0.0422. The number of nitrogens with zero attached hydrogens (tertiary/aromatic N) is 5. The van der Waals surface area contributed by atoms with Crippen molar-refractivity contribution in [3.8, 4) is 28.6 Å². The number of hydrogen-bond acceptors (Lipinski definition) is 9. The molecule has 10 heteroatoms. The Bertz CT molecular complexity index is 1060. The molecule has 162 valence electrons. The molecular formula is C21H23N5O5. The number of fused-ring (bicyclic) bond motifs is 1. The van der Waals surface area contributed by atoms with E-state index >= 15 is 0 Å². The minimum absolute atomic E-state index is 0.199. The van der Waals surface area contributed by atoms with Crippen LogP contribution in [0.25, 0.3) is 17.1 Å². The van der Waals surface area contributed by atoms with Gasteiger partial charge in [0.15, 0.2) is 23.1 Å². The maximum absolute atomic E-state index is 9.70. The highest BCUT2D eigenvalue weighted by Crippen LogP contribution is 2.40. The molecule has 10 nitrogen and oxygen atoms in total. The number of rotatable bonds is 6. The molecule has 1 atom stereocenters. The van der Waals surface area contributed by atoms with Gasteiger partial charge < -0.3 is 29.0 Å². The van der Waals surface area contributed by atoms with Crippen LogP contribution in [0, 0.1) is 0 Å². The van der Waals surface area contributed by atoms with E-state index in [2.05, 4.69) is 14.9 Å². The van der Waals surface area contributed by atoms with Crippen molar-refractivity contribution in [3.05, 3.63) is 42.4 Å². The van der Waals surface area contributed by atoms with Gasteiger partial charge in [-0.3, -0.25) is 0 Å². The van der Waals surface area contributed by atoms with Crippen molar-refractivity contribution in [2.24, 2.45) is 0 Å². The molecule has 5 rings (SSSR count). The van der Waals surface area contributed by atoms with Gasteiger partial charge in [-0.15, -0.1) is 0 Å². The molecule has 0 bridgehead atoms. The summed E-state index contributed by atoms with van der Waals surface area (Å²) < 4.78 is 23.6. The molecule has 31 heavy (non-hydrogen) atoms. The molecule has 2 aliphatic rings. The molecule has 1 fully saturated rings. The minimum Gasteiger partial charge on any atom is -0.454 e. The number of aliphatic hydroxyl groups is 1. The van der Waals surface area contributed by atoms with Crippen LogP contribution in [-0.2, 0) is 9.47 Å². The molecule has 1 aromatic carbocycles. The Hall–Kier alpha value is -3.21. The van der Waals surface area contributed by atoms with Crippen molar-refractivity contribution in [2.75, 3.05) is 51.7 Å². The van der Waals surface area contributed by atoms with Gasteiger partial charge in [0.05, 0.1) is 25.5 Å². The molecule has 2 aromatic heterocycles. The van der Waals surface area contributed by atoms with Crippen molar-refractivity contribution in [2.45, 2.75) is 6.10 Å². The van der Waals surface area contributed by atoms with Crippen LogP contribution < -0.4 is 14.4 Å². The third kappa shape index (κ3) is 3.80. The van der Waals surface area contributed by atoms with Crippen LogP contribution in [-0.4, -0.2) is 71.7 Å². The number of ether oxygens (including phenoxy) is 4. The lowest BCUT2D eigenvalue weighted by Crippen LogP contribution is -2.37. The zero-order chi connectivity index (χ0) is 21.2. The van der Waals surface area contributed by atoms with Gasteiger partial charge in [0.1, 0.15) is 11.9 Å².